The topological polar surface area (TPSA) is 29.3 Å². The van der Waals surface area contributed by atoms with Crippen LogP contribution in [0.2, 0.25) is 5.02 Å². The minimum atomic E-state index is 0.157. The molecule has 0 radical (unpaired) electrons. The first-order valence-electron chi connectivity index (χ1n) is 6.77. The molecule has 3 rings (SSSR count). The van der Waals surface area contributed by atoms with Gasteiger partial charge in [-0.25, -0.2) is 4.98 Å². The molecule has 6 heteroatoms. The molecular weight excluding hydrogens is 370 g/mol. The molecule has 2 aromatic heterocycles. The highest BCUT2D eigenvalue weighted by molar-refractivity contribution is 9.10. The molecule has 3 aromatic rings. The lowest BCUT2D eigenvalue weighted by molar-refractivity contribution is 0.545. The average Bonchev–Trinajstić information content (AvgIpc) is 3.02. The van der Waals surface area contributed by atoms with Gasteiger partial charge in [-0.15, -0.1) is 11.3 Å². The molecule has 0 fully saturated rings. The van der Waals surface area contributed by atoms with E-state index in [9.17, 15) is 0 Å². The smallest absolute Gasteiger partial charge is 0.193 e. The lowest BCUT2D eigenvalue weighted by atomic mass is 10.0. The van der Waals surface area contributed by atoms with Crippen LogP contribution in [0.4, 0.5) is 0 Å². The average molecular weight is 385 g/mol. The highest BCUT2D eigenvalue weighted by Crippen LogP contribution is 2.31. The van der Waals surface area contributed by atoms with Gasteiger partial charge in [-0.1, -0.05) is 30.7 Å². The van der Waals surface area contributed by atoms with Gasteiger partial charge in [-0.3, -0.25) is 4.40 Å². The Bertz CT molecular complexity index is 724. The van der Waals surface area contributed by atoms with Crippen LogP contribution in [-0.4, -0.2) is 15.9 Å². The first-order valence-corrected chi connectivity index (χ1v) is 8.82. The number of imidazole rings is 1. The Morgan fingerprint density at radius 2 is 2.33 bits per heavy atom. The largest absolute Gasteiger partial charge is 0.310 e. The zero-order chi connectivity index (χ0) is 14.8. The normalized spacial score (nSPS) is 12.9. The summed E-state index contributed by atoms with van der Waals surface area (Å²) in [6.07, 6.45) is 4.94. The van der Waals surface area contributed by atoms with Gasteiger partial charge in [0.25, 0.3) is 0 Å². The van der Waals surface area contributed by atoms with Crippen LogP contribution in [0.1, 0.15) is 24.2 Å². The second-order valence-corrected chi connectivity index (χ2v) is 6.89. The minimum absolute atomic E-state index is 0.157. The standard InChI is InChI=1S/C15H15BrClN3S/c1-2-18-13(11-4-3-5-12(16)14(11)17)8-10-9-20-6-7-21-15(20)19-10/h3-7,9,13,18H,2,8H2,1H3. The summed E-state index contributed by atoms with van der Waals surface area (Å²) in [7, 11) is 0. The molecular formula is C15H15BrClN3S. The number of halogens is 2. The van der Waals surface area contributed by atoms with Crippen molar-refractivity contribution in [1.29, 1.82) is 0 Å². The van der Waals surface area contributed by atoms with Crippen LogP contribution in [0.25, 0.3) is 4.96 Å². The van der Waals surface area contributed by atoms with E-state index >= 15 is 0 Å². The zero-order valence-corrected chi connectivity index (χ0v) is 14.7. The van der Waals surface area contributed by atoms with Crippen LogP contribution in [0.15, 0.2) is 40.4 Å². The van der Waals surface area contributed by atoms with Crippen LogP contribution in [0.5, 0.6) is 0 Å². The Morgan fingerprint density at radius 3 is 3.10 bits per heavy atom. The number of hydrogen-bond acceptors (Lipinski definition) is 3. The molecule has 1 unspecified atom stereocenters. The monoisotopic (exact) mass is 383 g/mol. The lowest BCUT2D eigenvalue weighted by Crippen LogP contribution is -2.23. The minimum Gasteiger partial charge on any atom is -0.310 e. The molecule has 21 heavy (non-hydrogen) atoms. The van der Waals surface area contributed by atoms with Crippen molar-refractivity contribution in [2.75, 3.05) is 6.54 Å². The third-order valence-corrected chi connectivity index (χ3v) is 5.45. The Labute approximate surface area is 141 Å². The van der Waals surface area contributed by atoms with E-state index in [0.717, 1.165) is 38.7 Å². The van der Waals surface area contributed by atoms with Gasteiger partial charge in [0, 0.05) is 34.7 Å². The van der Waals surface area contributed by atoms with Crippen molar-refractivity contribution in [2.24, 2.45) is 0 Å². The van der Waals surface area contributed by atoms with E-state index in [0.29, 0.717) is 0 Å². The van der Waals surface area contributed by atoms with Gasteiger partial charge in [-0.05, 0) is 34.1 Å². The van der Waals surface area contributed by atoms with Crippen LogP contribution < -0.4 is 5.32 Å². The molecule has 1 aromatic carbocycles. The molecule has 1 atom stereocenters. The Morgan fingerprint density at radius 1 is 1.48 bits per heavy atom. The van der Waals surface area contributed by atoms with Crippen molar-refractivity contribution < 1.29 is 0 Å². The maximum Gasteiger partial charge on any atom is 0.193 e. The molecule has 0 amide bonds. The van der Waals surface area contributed by atoms with Crippen molar-refractivity contribution in [2.45, 2.75) is 19.4 Å². The van der Waals surface area contributed by atoms with Crippen molar-refractivity contribution in [3.05, 3.63) is 56.7 Å². The molecule has 0 saturated heterocycles. The van der Waals surface area contributed by atoms with Crippen LogP contribution in [-0.2, 0) is 6.42 Å². The molecule has 0 saturated carbocycles. The number of thiazole rings is 1. The molecule has 2 heterocycles. The van der Waals surface area contributed by atoms with Crippen molar-refractivity contribution in [1.82, 2.24) is 14.7 Å². The van der Waals surface area contributed by atoms with Crippen LogP contribution in [0, 0.1) is 0 Å². The molecule has 3 nitrogen and oxygen atoms in total. The fourth-order valence-electron chi connectivity index (χ4n) is 2.41. The van der Waals surface area contributed by atoms with E-state index in [1.807, 2.05) is 23.7 Å². The maximum atomic E-state index is 6.44. The van der Waals surface area contributed by atoms with Crippen LogP contribution in [0.3, 0.4) is 0 Å². The summed E-state index contributed by atoms with van der Waals surface area (Å²) in [5, 5.41) is 6.31. The number of nitrogens with one attached hydrogen (secondary N) is 1. The van der Waals surface area contributed by atoms with Gasteiger partial charge in [-0.2, -0.15) is 0 Å². The number of nitrogens with zero attached hydrogens (tertiary/aromatic N) is 2. The number of rotatable bonds is 5. The molecule has 0 bridgehead atoms. The van der Waals surface area contributed by atoms with E-state index in [1.54, 1.807) is 11.3 Å². The highest BCUT2D eigenvalue weighted by atomic mass is 79.9. The SMILES string of the molecule is CCNC(Cc1cn2ccsc2n1)c1cccc(Br)c1Cl. The van der Waals surface area contributed by atoms with Crippen molar-refractivity contribution >= 4 is 43.8 Å². The van der Waals surface area contributed by atoms with E-state index in [1.165, 1.54) is 0 Å². The van der Waals surface area contributed by atoms with E-state index in [2.05, 4.69) is 49.8 Å². The fraction of sp³-hybridized carbons (Fsp3) is 0.267. The van der Waals surface area contributed by atoms with Crippen molar-refractivity contribution in [3.8, 4) is 0 Å². The molecule has 0 spiro atoms. The number of benzene rings is 1. The number of hydrogen-bond donors (Lipinski definition) is 1. The van der Waals surface area contributed by atoms with E-state index < -0.39 is 0 Å². The summed E-state index contributed by atoms with van der Waals surface area (Å²) in [5.41, 5.74) is 2.17. The van der Waals surface area contributed by atoms with E-state index in [4.69, 9.17) is 11.6 Å². The Balaban J connectivity index is 1.90. The Kier molecular flexibility index (Phi) is 4.64. The lowest BCUT2D eigenvalue weighted by Gasteiger charge is -2.19. The van der Waals surface area contributed by atoms with Crippen LogP contribution >= 0.6 is 38.9 Å². The quantitative estimate of drug-likeness (QED) is 0.690. The first kappa shape index (κ1) is 15.0. The summed E-state index contributed by atoms with van der Waals surface area (Å²) in [6.45, 7) is 2.99. The summed E-state index contributed by atoms with van der Waals surface area (Å²) < 4.78 is 2.99. The maximum absolute atomic E-state index is 6.44. The summed E-state index contributed by atoms with van der Waals surface area (Å²) in [4.78, 5) is 5.69. The summed E-state index contributed by atoms with van der Waals surface area (Å²) in [6, 6.07) is 6.20. The fourth-order valence-corrected chi connectivity index (χ4v) is 3.77. The molecule has 0 aliphatic carbocycles. The number of likely N-dealkylation sites (N-methyl/N-ethyl adjacent to an activating group) is 1. The second-order valence-electron chi connectivity index (χ2n) is 4.78. The van der Waals surface area contributed by atoms with Gasteiger partial charge in [0.1, 0.15) is 0 Å². The Hall–Kier alpha value is -0.880. The third-order valence-electron chi connectivity index (χ3n) is 3.36. The summed E-state index contributed by atoms with van der Waals surface area (Å²) >= 11 is 11.6. The highest BCUT2D eigenvalue weighted by Gasteiger charge is 2.17. The van der Waals surface area contributed by atoms with Crippen molar-refractivity contribution in [3.63, 3.8) is 0 Å². The first-order chi connectivity index (χ1) is 10.2. The van der Waals surface area contributed by atoms with Gasteiger partial charge in [0.15, 0.2) is 4.96 Å². The predicted molar refractivity (Wildman–Crippen MR) is 92.3 cm³/mol. The predicted octanol–water partition coefficient (Wildman–Crippen LogP) is 4.71. The summed E-state index contributed by atoms with van der Waals surface area (Å²) in [5.74, 6) is 0. The van der Waals surface area contributed by atoms with Gasteiger partial charge < -0.3 is 5.32 Å². The van der Waals surface area contributed by atoms with Gasteiger partial charge in [0.05, 0.1) is 10.7 Å². The number of fused-ring (bicyclic) bond motifs is 1. The zero-order valence-electron chi connectivity index (χ0n) is 11.5. The third kappa shape index (κ3) is 3.16. The van der Waals surface area contributed by atoms with Gasteiger partial charge in [0.2, 0.25) is 0 Å². The second kappa shape index (κ2) is 6.48. The van der Waals surface area contributed by atoms with E-state index in [-0.39, 0.29) is 6.04 Å². The molecule has 1 N–H and O–H groups in total. The molecule has 0 aliphatic heterocycles. The van der Waals surface area contributed by atoms with Gasteiger partial charge >= 0.3 is 0 Å². The number of aromatic nitrogens is 2. The molecule has 110 valence electrons. The molecule has 0 aliphatic rings.